The lowest BCUT2D eigenvalue weighted by molar-refractivity contribution is -0.858. The van der Waals surface area contributed by atoms with Crippen LogP contribution >= 0.6 is 0 Å². The highest BCUT2D eigenvalue weighted by Gasteiger charge is 2.24. The van der Waals surface area contributed by atoms with Crippen LogP contribution in [0.25, 0.3) is 0 Å². The number of ether oxygens (including phenoxy) is 1. The molecule has 0 aromatic carbocycles. The van der Waals surface area contributed by atoms with Gasteiger partial charge in [-0.2, -0.15) is 7.05 Å². The Labute approximate surface area is 85.8 Å². The Kier molecular flexibility index (Phi) is 3.37. The van der Waals surface area contributed by atoms with Gasteiger partial charge in [0, 0.05) is 0 Å². The first-order chi connectivity index (χ1) is 6.38. The first kappa shape index (κ1) is 11.3. The van der Waals surface area contributed by atoms with Gasteiger partial charge in [0.1, 0.15) is 5.60 Å². The first-order valence-electron chi connectivity index (χ1n) is 5.03. The van der Waals surface area contributed by atoms with Crippen molar-refractivity contribution in [1.82, 2.24) is 4.90 Å². The van der Waals surface area contributed by atoms with E-state index in [9.17, 15) is 4.79 Å². The Morgan fingerprint density at radius 2 is 1.86 bits per heavy atom. The number of nitrogens with zero attached hydrogens (tertiary/aromatic N) is 1. The average Bonchev–Trinajstić information content (AvgIpc) is 2.02. The minimum absolute atomic E-state index is 0.204. The van der Waals surface area contributed by atoms with Crippen molar-refractivity contribution in [3.8, 4) is 0 Å². The Balaban J connectivity index is 2.38. The molecule has 1 aliphatic rings. The van der Waals surface area contributed by atoms with Gasteiger partial charge in [0.2, 0.25) is 0 Å². The molecule has 1 aliphatic heterocycles. The van der Waals surface area contributed by atoms with Crippen LogP contribution in [0.4, 0.5) is 4.79 Å². The van der Waals surface area contributed by atoms with Gasteiger partial charge in [-0.15, -0.1) is 0 Å². The number of rotatable bonds is 0. The number of amides is 1. The Morgan fingerprint density at radius 1 is 1.36 bits per heavy atom. The van der Waals surface area contributed by atoms with Crippen LogP contribution in [0.5, 0.6) is 0 Å². The van der Waals surface area contributed by atoms with Crippen molar-refractivity contribution in [2.45, 2.75) is 26.4 Å². The molecule has 1 saturated heterocycles. The van der Waals surface area contributed by atoms with E-state index >= 15 is 0 Å². The summed E-state index contributed by atoms with van der Waals surface area (Å²) in [7, 11) is 3.90. The Morgan fingerprint density at radius 3 is 2.29 bits per heavy atom. The second-order valence-electron chi connectivity index (χ2n) is 4.72. The molecule has 0 atom stereocenters. The third-order valence-corrected chi connectivity index (χ3v) is 2.12. The summed E-state index contributed by atoms with van der Waals surface area (Å²) in [5.74, 6) is 0. The largest absolute Gasteiger partial charge is 0.465 e. The minimum Gasteiger partial charge on any atom is -0.465 e. The van der Waals surface area contributed by atoms with Crippen molar-refractivity contribution in [2.24, 2.45) is 0 Å². The van der Waals surface area contributed by atoms with Crippen LogP contribution in [0.1, 0.15) is 20.8 Å². The van der Waals surface area contributed by atoms with Gasteiger partial charge in [-0.3, -0.25) is 4.90 Å². The maximum atomic E-state index is 11.6. The van der Waals surface area contributed by atoms with Gasteiger partial charge >= 0.3 is 6.09 Å². The number of hydrogen-bond acceptors (Lipinski definition) is 2. The molecule has 0 aromatic rings. The molecule has 82 valence electrons. The topological polar surface area (TPSA) is 34.0 Å². The van der Waals surface area contributed by atoms with Crippen LogP contribution in [0.15, 0.2) is 0 Å². The summed E-state index contributed by atoms with van der Waals surface area (Å²) in [6.45, 7) is 8.94. The average molecular weight is 200 g/mol. The molecular formula is C10H20N2O2. The summed E-state index contributed by atoms with van der Waals surface area (Å²) >= 11 is 0. The molecule has 0 radical (unpaired) electrons. The van der Waals surface area contributed by atoms with Crippen molar-refractivity contribution in [3.63, 3.8) is 0 Å². The van der Waals surface area contributed by atoms with E-state index in [0.29, 0.717) is 0 Å². The van der Waals surface area contributed by atoms with Gasteiger partial charge in [-0.25, -0.2) is 4.79 Å². The summed E-state index contributed by atoms with van der Waals surface area (Å²) < 4.78 is 5.27. The van der Waals surface area contributed by atoms with E-state index in [4.69, 9.17) is 4.74 Å². The summed E-state index contributed by atoms with van der Waals surface area (Å²) in [6.07, 6.45) is -0.204. The lowest BCUT2D eigenvalue weighted by Crippen LogP contribution is -3.10. The quantitative estimate of drug-likeness (QED) is 0.555. The fraction of sp³-hybridized carbons (Fsp3) is 0.800. The van der Waals surface area contributed by atoms with Gasteiger partial charge in [0.25, 0.3) is 0 Å². The van der Waals surface area contributed by atoms with Crippen molar-refractivity contribution in [2.75, 3.05) is 26.2 Å². The van der Waals surface area contributed by atoms with Gasteiger partial charge in [0.05, 0.1) is 26.2 Å². The Hall–Kier alpha value is -0.770. The minimum atomic E-state index is -0.397. The monoisotopic (exact) mass is 200 g/mol. The molecule has 4 heteroatoms. The van der Waals surface area contributed by atoms with E-state index in [1.54, 1.807) is 4.90 Å². The molecule has 0 aromatic heterocycles. The van der Waals surface area contributed by atoms with E-state index in [2.05, 4.69) is 7.05 Å². The van der Waals surface area contributed by atoms with Crippen LogP contribution in [0.3, 0.4) is 0 Å². The molecule has 1 fully saturated rings. The highest BCUT2D eigenvalue weighted by molar-refractivity contribution is 5.68. The number of piperazine rings is 1. The molecule has 0 bridgehead atoms. The SMILES string of the molecule is [CH2-][NH+]1CCN(C(=O)OC(C)(C)C)CC1. The maximum absolute atomic E-state index is 11.6. The fourth-order valence-corrected chi connectivity index (χ4v) is 1.33. The number of quaternary nitrogens is 1. The number of carbonyl (C=O) groups is 1. The summed E-state index contributed by atoms with van der Waals surface area (Å²) in [5.41, 5.74) is -0.397. The van der Waals surface area contributed by atoms with E-state index in [1.807, 2.05) is 20.8 Å². The normalized spacial score (nSPS) is 19.6. The molecular weight excluding hydrogens is 180 g/mol. The standard InChI is InChI=1S/C10H20N2O2/c1-10(2,3)14-9(13)12-7-5-11(4)6-8-12/h11H,4-8H2,1-3H3. The molecule has 1 N–H and O–H groups in total. The van der Waals surface area contributed by atoms with Gasteiger partial charge in [0.15, 0.2) is 0 Å². The predicted octanol–water partition coefficient (Wildman–Crippen LogP) is -0.0864. The van der Waals surface area contributed by atoms with Crippen molar-refractivity contribution >= 4 is 6.09 Å². The van der Waals surface area contributed by atoms with Crippen molar-refractivity contribution < 1.29 is 14.4 Å². The maximum Gasteiger partial charge on any atom is 0.410 e. The van der Waals surface area contributed by atoms with Gasteiger partial charge in [-0.1, -0.05) is 0 Å². The molecule has 0 saturated carbocycles. The van der Waals surface area contributed by atoms with E-state index < -0.39 is 5.60 Å². The molecule has 1 amide bonds. The van der Waals surface area contributed by atoms with Crippen LogP contribution in [0.2, 0.25) is 0 Å². The number of carbonyl (C=O) groups excluding carboxylic acids is 1. The molecule has 0 aliphatic carbocycles. The van der Waals surface area contributed by atoms with E-state index in [0.717, 1.165) is 26.2 Å². The fourth-order valence-electron chi connectivity index (χ4n) is 1.33. The zero-order valence-corrected chi connectivity index (χ0v) is 9.30. The van der Waals surface area contributed by atoms with E-state index in [1.165, 1.54) is 4.90 Å². The van der Waals surface area contributed by atoms with Crippen LogP contribution in [-0.2, 0) is 4.74 Å². The summed E-state index contributed by atoms with van der Waals surface area (Å²) in [5, 5.41) is 0. The van der Waals surface area contributed by atoms with Crippen LogP contribution < -0.4 is 4.90 Å². The molecule has 4 nitrogen and oxygen atoms in total. The number of hydrogen-bond donors (Lipinski definition) is 1. The van der Waals surface area contributed by atoms with Crippen LogP contribution in [-0.4, -0.2) is 42.8 Å². The molecule has 1 rings (SSSR count). The lowest BCUT2D eigenvalue weighted by atomic mass is 10.2. The second kappa shape index (κ2) is 4.17. The van der Waals surface area contributed by atoms with Gasteiger partial charge in [-0.05, 0) is 20.8 Å². The van der Waals surface area contributed by atoms with Crippen LogP contribution in [0, 0.1) is 7.05 Å². The first-order valence-corrected chi connectivity index (χ1v) is 5.03. The van der Waals surface area contributed by atoms with E-state index in [-0.39, 0.29) is 6.09 Å². The highest BCUT2D eigenvalue weighted by atomic mass is 16.6. The lowest BCUT2D eigenvalue weighted by Gasteiger charge is -2.34. The molecule has 14 heavy (non-hydrogen) atoms. The molecule has 0 spiro atoms. The van der Waals surface area contributed by atoms with Crippen molar-refractivity contribution in [1.29, 1.82) is 0 Å². The third-order valence-electron chi connectivity index (χ3n) is 2.12. The molecule has 1 heterocycles. The highest BCUT2D eigenvalue weighted by Crippen LogP contribution is 2.09. The predicted molar refractivity (Wildman–Crippen MR) is 53.9 cm³/mol. The Bertz CT molecular complexity index is 203. The third kappa shape index (κ3) is 3.54. The zero-order valence-electron chi connectivity index (χ0n) is 9.30. The zero-order chi connectivity index (χ0) is 10.8. The second-order valence-corrected chi connectivity index (χ2v) is 4.72. The summed E-state index contributed by atoms with van der Waals surface area (Å²) in [4.78, 5) is 14.6. The number of nitrogens with one attached hydrogen (secondary N) is 1. The van der Waals surface area contributed by atoms with Crippen molar-refractivity contribution in [3.05, 3.63) is 7.05 Å². The molecule has 0 unspecified atom stereocenters. The smallest absolute Gasteiger partial charge is 0.410 e. The summed E-state index contributed by atoms with van der Waals surface area (Å²) in [6, 6.07) is 0. The van der Waals surface area contributed by atoms with Gasteiger partial charge < -0.3 is 9.64 Å².